The molecular weight excluding hydrogens is 292 g/mol. The normalized spacial score (nSPS) is 18.6. The Labute approximate surface area is 127 Å². The van der Waals surface area contributed by atoms with Gasteiger partial charge in [0.05, 0.1) is 12.5 Å². The van der Waals surface area contributed by atoms with Gasteiger partial charge in [-0.2, -0.15) is 0 Å². The summed E-state index contributed by atoms with van der Waals surface area (Å²) in [4.78, 5) is 25.6. The Bertz CT molecular complexity index is 517. The van der Waals surface area contributed by atoms with Crippen LogP contribution in [0.4, 0.5) is 5.13 Å². The third-order valence-corrected chi connectivity index (χ3v) is 4.45. The molecule has 1 unspecified atom stereocenters. The fourth-order valence-corrected chi connectivity index (χ4v) is 2.84. The molecule has 1 aromatic rings. The minimum atomic E-state index is -0.333. The maximum Gasteiger partial charge on any atom is 0.231 e. The number of hydrogen-bond donors (Lipinski definition) is 1. The first kappa shape index (κ1) is 15.8. The van der Waals surface area contributed by atoms with Crippen LogP contribution in [0, 0.1) is 5.92 Å². The van der Waals surface area contributed by atoms with Crippen molar-refractivity contribution in [1.82, 2.24) is 15.1 Å². The zero-order chi connectivity index (χ0) is 15.4. The standard InChI is InChI=1S/C13H20N4O3S/c1-8(2)12-15-16-13(21-12)14-11(19)9-6-10(18)17(7-9)4-5-20-3/h8-9H,4-7H2,1-3H3,(H,14,16,19). The lowest BCUT2D eigenvalue weighted by Gasteiger charge is -2.15. The quantitative estimate of drug-likeness (QED) is 0.850. The molecule has 2 heterocycles. The van der Waals surface area contributed by atoms with Gasteiger partial charge in [-0.1, -0.05) is 25.2 Å². The number of nitrogens with zero attached hydrogens (tertiary/aromatic N) is 3. The van der Waals surface area contributed by atoms with Crippen LogP contribution in [0.15, 0.2) is 0 Å². The number of nitrogens with one attached hydrogen (secondary N) is 1. The maximum absolute atomic E-state index is 12.2. The van der Waals surface area contributed by atoms with Crippen LogP contribution in [0.1, 0.15) is 31.2 Å². The summed E-state index contributed by atoms with van der Waals surface area (Å²) < 4.78 is 4.96. The van der Waals surface area contributed by atoms with E-state index in [-0.39, 0.29) is 30.1 Å². The van der Waals surface area contributed by atoms with E-state index in [2.05, 4.69) is 15.5 Å². The number of ether oxygens (including phenoxy) is 1. The van der Waals surface area contributed by atoms with Crippen LogP contribution < -0.4 is 5.32 Å². The van der Waals surface area contributed by atoms with E-state index in [9.17, 15) is 9.59 Å². The highest BCUT2D eigenvalue weighted by Crippen LogP contribution is 2.24. The molecule has 1 atom stereocenters. The number of amides is 2. The van der Waals surface area contributed by atoms with E-state index < -0.39 is 0 Å². The molecule has 0 aromatic carbocycles. The molecular formula is C13H20N4O3S. The summed E-state index contributed by atoms with van der Waals surface area (Å²) in [5, 5.41) is 12.1. The summed E-state index contributed by atoms with van der Waals surface area (Å²) >= 11 is 1.37. The average molecular weight is 312 g/mol. The maximum atomic E-state index is 12.2. The van der Waals surface area contributed by atoms with E-state index >= 15 is 0 Å². The molecule has 0 aliphatic carbocycles. The first-order chi connectivity index (χ1) is 10.0. The molecule has 0 spiro atoms. The van der Waals surface area contributed by atoms with Crippen LogP contribution in [0.25, 0.3) is 0 Å². The van der Waals surface area contributed by atoms with Crippen molar-refractivity contribution in [3.8, 4) is 0 Å². The van der Waals surface area contributed by atoms with Crippen LogP contribution >= 0.6 is 11.3 Å². The Morgan fingerprint density at radius 2 is 2.29 bits per heavy atom. The second kappa shape index (κ2) is 6.95. The summed E-state index contributed by atoms with van der Waals surface area (Å²) in [5.74, 6) is -0.228. The Balaban J connectivity index is 1.90. The number of rotatable bonds is 6. The number of carbonyl (C=O) groups is 2. The minimum absolute atomic E-state index is 0.00710. The molecule has 116 valence electrons. The van der Waals surface area contributed by atoms with Crippen molar-refractivity contribution in [3.63, 3.8) is 0 Å². The molecule has 0 saturated carbocycles. The van der Waals surface area contributed by atoms with Crippen molar-refractivity contribution in [1.29, 1.82) is 0 Å². The summed E-state index contributed by atoms with van der Waals surface area (Å²) in [6.45, 7) is 5.48. The van der Waals surface area contributed by atoms with E-state index in [0.29, 0.717) is 24.8 Å². The van der Waals surface area contributed by atoms with E-state index in [1.54, 1.807) is 12.0 Å². The van der Waals surface area contributed by atoms with Gasteiger partial charge in [-0.25, -0.2) is 0 Å². The van der Waals surface area contributed by atoms with Crippen LogP contribution in [-0.4, -0.2) is 53.7 Å². The highest BCUT2D eigenvalue weighted by atomic mass is 32.1. The van der Waals surface area contributed by atoms with Crippen LogP contribution in [-0.2, 0) is 14.3 Å². The molecule has 1 saturated heterocycles. The van der Waals surface area contributed by atoms with E-state index in [0.717, 1.165) is 5.01 Å². The third kappa shape index (κ3) is 3.98. The molecule has 1 fully saturated rings. The molecule has 0 radical (unpaired) electrons. The van der Waals surface area contributed by atoms with Crippen molar-refractivity contribution in [3.05, 3.63) is 5.01 Å². The summed E-state index contributed by atoms with van der Waals surface area (Å²) in [6, 6.07) is 0. The van der Waals surface area contributed by atoms with Crippen molar-refractivity contribution in [2.24, 2.45) is 5.92 Å². The van der Waals surface area contributed by atoms with Crippen molar-refractivity contribution < 1.29 is 14.3 Å². The predicted octanol–water partition coefficient (Wildman–Crippen LogP) is 1.09. The second-order valence-corrected chi connectivity index (χ2v) is 6.33. The van der Waals surface area contributed by atoms with Gasteiger partial charge < -0.3 is 15.0 Å². The van der Waals surface area contributed by atoms with Gasteiger partial charge in [0.25, 0.3) is 0 Å². The molecule has 8 heteroatoms. The number of carbonyl (C=O) groups excluding carboxylic acids is 2. The SMILES string of the molecule is COCCN1CC(C(=O)Nc2nnc(C(C)C)s2)CC1=O. The highest BCUT2D eigenvalue weighted by molar-refractivity contribution is 7.15. The monoisotopic (exact) mass is 312 g/mol. The number of anilines is 1. The Hall–Kier alpha value is -1.54. The molecule has 21 heavy (non-hydrogen) atoms. The summed E-state index contributed by atoms with van der Waals surface area (Å²) in [7, 11) is 1.59. The largest absolute Gasteiger partial charge is 0.383 e. The Morgan fingerprint density at radius 1 is 1.52 bits per heavy atom. The number of aromatic nitrogens is 2. The fourth-order valence-electron chi connectivity index (χ4n) is 2.09. The van der Waals surface area contributed by atoms with Crippen molar-refractivity contribution in [2.75, 3.05) is 32.1 Å². The van der Waals surface area contributed by atoms with Gasteiger partial charge >= 0.3 is 0 Å². The van der Waals surface area contributed by atoms with Gasteiger partial charge in [-0.05, 0) is 0 Å². The van der Waals surface area contributed by atoms with Gasteiger partial charge in [0.15, 0.2) is 0 Å². The van der Waals surface area contributed by atoms with E-state index in [1.807, 2.05) is 13.8 Å². The second-order valence-electron chi connectivity index (χ2n) is 5.32. The lowest BCUT2D eigenvalue weighted by Crippen LogP contribution is -2.30. The van der Waals surface area contributed by atoms with Crippen LogP contribution in [0.2, 0.25) is 0 Å². The predicted molar refractivity (Wildman–Crippen MR) is 79.2 cm³/mol. The molecule has 2 amide bonds. The van der Waals surface area contributed by atoms with Crippen molar-refractivity contribution >= 4 is 28.3 Å². The Kier molecular flexibility index (Phi) is 5.24. The molecule has 7 nitrogen and oxygen atoms in total. The van der Waals surface area contributed by atoms with E-state index in [1.165, 1.54) is 11.3 Å². The zero-order valence-electron chi connectivity index (χ0n) is 12.5. The van der Waals surface area contributed by atoms with Gasteiger partial charge in [0.2, 0.25) is 16.9 Å². The van der Waals surface area contributed by atoms with E-state index in [4.69, 9.17) is 4.74 Å². The zero-order valence-corrected chi connectivity index (χ0v) is 13.3. The van der Waals surface area contributed by atoms with Crippen LogP contribution in [0.3, 0.4) is 0 Å². The van der Waals surface area contributed by atoms with Gasteiger partial charge in [0.1, 0.15) is 5.01 Å². The fraction of sp³-hybridized carbons (Fsp3) is 0.692. The Morgan fingerprint density at radius 3 is 2.90 bits per heavy atom. The van der Waals surface area contributed by atoms with Gasteiger partial charge in [-0.15, -0.1) is 10.2 Å². The molecule has 1 aliphatic heterocycles. The molecule has 1 aromatic heterocycles. The molecule has 0 bridgehead atoms. The summed E-state index contributed by atoms with van der Waals surface area (Å²) in [5.41, 5.74) is 0. The number of hydrogen-bond acceptors (Lipinski definition) is 6. The number of likely N-dealkylation sites (tertiary alicyclic amines) is 1. The van der Waals surface area contributed by atoms with Crippen molar-refractivity contribution in [2.45, 2.75) is 26.2 Å². The average Bonchev–Trinajstić information content (AvgIpc) is 3.03. The van der Waals surface area contributed by atoms with Gasteiger partial charge in [-0.3, -0.25) is 9.59 Å². The molecule has 2 rings (SSSR count). The highest BCUT2D eigenvalue weighted by Gasteiger charge is 2.34. The lowest BCUT2D eigenvalue weighted by atomic mass is 10.1. The third-order valence-electron chi connectivity index (χ3n) is 3.32. The number of methoxy groups -OCH3 is 1. The topological polar surface area (TPSA) is 84.4 Å². The lowest BCUT2D eigenvalue weighted by molar-refractivity contribution is -0.128. The smallest absolute Gasteiger partial charge is 0.231 e. The molecule has 1 N–H and O–H groups in total. The van der Waals surface area contributed by atoms with Crippen LogP contribution in [0.5, 0.6) is 0 Å². The molecule has 1 aliphatic rings. The minimum Gasteiger partial charge on any atom is -0.383 e. The summed E-state index contributed by atoms with van der Waals surface area (Å²) in [6.07, 6.45) is 0.241. The first-order valence-electron chi connectivity index (χ1n) is 6.92. The van der Waals surface area contributed by atoms with Gasteiger partial charge in [0, 0.05) is 32.5 Å². The first-order valence-corrected chi connectivity index (χ1v) is 7.74.